The zero-order valence-corrected chi connectivity index (χ0v) is 10.3. The molecule has 7 nitrogen and oxygen atoms in total. The highest BCUT2D eigenvalue weighted by molar-refractivity contribution is 7.15. The van der Waals surface area contributed by atoms with E-state index in [1.807, 2.05) is 0 Å². The lowest BCUT2D eigenvalue weighted by Crippen LogP contribution is -2.34. The Bertz CT molecular complexity index is 549. The van der Waals surface area contributed by atoms with Gasteiger partial charge in [-0.15, -0.1) is 10.2 Å². The molecule has 0 bridgehead atoms. The standard InChI is InChI=1S/C10H10N4O3S/c1-6-13-14-10(18-6)12-9(16)8(15)11-5-7-3-2-4-17-7/h2-4H,5H2,1H3,(H,11,15)(H,12,14,16). The van der Waals surface area contributed by atoms with Gasteiger partial charge in [0.25, 0.3) is 0 Å². The summed E-state index contributed by atoms with van der Waals surface area (Å²) in [6.45, 7) is 1.92. The van der Waals surface area contributed by atoms with E-state index in [0.29, 0.717) is 15.9 Å². The minimum absolute atomic E-state index is 0.161. The lowest BCUT2D eigenvalue weighted by molar-refractivity contribution is -0.136. The van der Waals surface area contributed by atoms with Crippen molar-refractivity contribution >= 4 is 28.3 Å². The van der Waals surface area contributed by atoms with Gasteiger partial charge in [-0.25, -0.2) is 0 Å². The molecule has 0 fully saturated rings. The Labute approximate surface area is 106 Å². The summed E-state index contributed by atoms with van der Waals surface area (Å²) in [5.41, 5.74) is 0. The first kappa shape index (κ1) is 12.2. The fourth-order valence-electron chi connectivity index (χ4n) is 1.16. The number of aromatic nitrogens is 2. The van der Waals surface area contributed by atoms with E-state index in [1.165, 1.54) is 17.6 Å². The summed E-state index contributed by atoms with van der Waals surface area (Å²) >= 11 is 1.20. The van der Waals surface area contributed by atoms with Crippen molar-refractivity contribution in [2.24, 2.45) is 0 Å². The molecule has 94 valence electrons. The molecule has 0 radical (unpaired) electrons. The quantitative estimate of drug-likeness (QED) is 0.797. The number of aryl methyl sites for hydroxylation is 1. The molecule has 0 saturated heterocycles. The molecule has 2 aromatic heterocycles. The van der Waals surface area contributed by atoms with Gasteiger partial charge in [-0.05, 0) is 19.1 Å². The molecular weight excluding hydrogens is 256 g/mol. The number of amides is 2. The Morgan fingerprint density at radius 1 is 1.39 bits per heavy atom. The van der Waals surface area contributed by atoms with Crippen molar-refractivity contribution in [1.29, 1.82) is 0 Å². The van der Waals surface area contributed by atoms with E-state index < -0.39 is 11.8 Å². The summed E-state index contributed by atoms with van der Waals surface area (Å²) in [6.07, 6.45) is 1.49. The van der Waals surface area contributed by atoms with E-state index in [1.54, 1.807) is 19.1 Å². The molecule has 0 aliphatic carbocycles. The number of nitrogens with zero attached hydrogens (tertiary/aromatic N) is 2. The molecule has 2 N–H and O–H groups in total. The molecule has 2 amide bonds. The van der Waals surface area contributed by atoms with Crippen molar-refractivity contribution in [2.75, 3.05) is 5.32 Å². The van der Waals surface area contributed by atoms with Crippen LogP contribution in [-0.2, 0) is 16.1 Å². The van der Waals surface area contributed by atoms with Crippen LogP contribution >= 0.6 is 11.3 Å². The molecule has 8 heteroatoms. The van der Waals surface area contributed by atoms with Crippen LogP contribution in [-0.4, -0.2) is 22.0 Å². The van der Waals surface area contributed by atoms with Gasteiger partial charge >= 0.3 is 11.8 Å². The first-order chi connectivity index (χ1) is 8.65. The van der Waals surface area contributed by atoms with Gasteiger partial charge in [0.1, 0.15) is 10.8 Å². The normalized spacial score (nSPS) is 10.1. The molecule has 2 rings (SSSR count). The molecule has 0 atom stereocenters. The van der Waals surface area contributed by atoms with E-state index in [-0.39, 0.29) is 6.54 Å². The summed E-state index contributed by atoms with van der Waals surface area (Å²) in [5, 5.41) is 13.2. The summed E-state index contributed by atoms with van der Waals surface area (Å²) in [7, 11) is 0. The van der Waals surface area contributed by atoms with E-state index in [0.717, 1.165) is 0 Å². The first-order valence-corrected chi connectivity index (χ1v) is 5.88. The Balaban J connectivity index is 1.83. The number of hydrogen-bond acceptors (Lipinski definition) is 6. The van der Waals surface area contributed by atoms with Crippen molar-refractivity contribution in [3.63, 3.8) is 0 Å². The molecule has 18 heavy (non-hydrogen) atoms. The largest absolute Gasteiger partial charge is 0.467 e. The van der Waals surface area contributed by atoms with Crippen molar-refractivity contribution in [1.82, 2.24) is 15.5 Å². The third kappa shape index (κ3) is 3.14. The molecule has 0 aliphatic rings. The number of furan rings is 1. The van der Waals surface area contributed by atoms with Crippen LogP contribution in [0.1, 0.15) is 10.8 Å². The maximum Gasteiger partial charge on any atom is 0.315 e. The Hall–Kier alpha value is -2.22. The van der Waals surface area contributed by atoms with Gasteiger partial charge in [-0.2, -0.15) is 0 Å². The number of carbonyl (C=O) groups excluding carboxylic acids is 2. The van der Waals surface area contributed by atoms with Gasteiger partial charge < -0.3 is 9.73 Å². The SMILES string of the molecule is Cc1nnc(NC(=O)C(=O)NCc2ccco2)s1. The minimum Gasteiger partial charge on any atom is -0.467 e. The van der Waals surface area contributed by atoms with Crippen LogP contribution in [0.3, 0.4) is 0 Å². The first-order valence-electron chi connectivity index (χ1n) is 5.07. The predicted octanol–water partition coefficient (Wildman–Crippen LogP) is 0.694. The second-order valence-corrected chi connectivity index (χ2v) is 4.52. The number of nitrogens with one attached hydrogen (secondary N) is 2. The van der Waals surface area contributed by atoms with Gasteiger partial charge in [-0.1, -0.05) is 11.3 Å². The van der Waals surface area contributed by atoms with Gasteiger partial charge in [0.05, 0.1) is 12.8 Å². The van der Waals surface area contributed by atoms with Crippen LogP contribution in [0.5, 0.6) is 0 Å². The average Bonchev–Trinajstić information content (AvgIpc) is 2.97. The smallest absolute Gasteiger partial charge is 0.315 e. The number of carbonyl (C=O) groups is 2. The maximum atomic E-state index is 11.5. The van der Waals surface area contributed by atoms with Crippen molar-refractivity contribution < 1.29 is 14.0 Å². The highest BCUT2D eigenvalue weighted by Gasteiger charge is 2.15. The molecular formula is C10H10N4O3S. The summed E-state index contributed by atoms with van der Waals surface area (Å²) in [6, 6.07) is 3.40. The fourth-order valence-corrected chi connectivity index (χ4v) is 1.75. The van der Waals surface area contributed by atoms with E-state index in [9.17, 15) is 9.59 Å². The van der Waals surface area contributed by atoms with Gasteiger partial charge in [0.15, 0.2) is 0 Å². The van der Waals surface area contributed by atoms with Crippen LogP contribution in [0.4, 0.5) is 5.13 Å². The summed E-state index contributed by atoms with van der Waals surface area (Å²) < 4.78 is 5.02. The van der Waals surface area contributed by atoms with Crippen LogP contribution < -0.4 is 10.6 Å². The number of rotatable bonds is 3. The van der Waals surface area contributed by atoms with Gasteiger partial charge in [0.2, 0.25) is 5.13 Å². The zero-order chi connectivity index (χ0) is 13.0. The van der Waals surface area contributed by atoms with Crippen molar-refractivity contribution in [2.45, 2.75) is 13.5 Å². The molecule has 0 aliphatic heterocycles. The lowest BCUT2D eigenvalue weighted by Gasteiger charge is -2.02. The second kappa shape index (κ2) is 5.41. The minimum atomic E-state index is -0.780. The van der Waals surface area contributed by atoms with Gasteiger partial charge in [0, 0.05) is 0 Å². The number of hydrogen-bond donors (Lipinski definition) is 2. The van der Waals surface area contributed by atoms with E-state index in [2.05, 4.69) is 20.8 Å². The van der Waals surface area contributed by atoms with Crippen LogP contribution in [0, 0.1) is 6.92 Å². The van der Waals surface area contributed by atoms with Crippen molar-refractivity contribution in [3.8, 4) is 0 Å². The van der Waals surface area contributed by atoms with Crippen LogP contribution in [0.25, 0.3) is 0 Å². The highest BCUT2D eigenvalue weighted by Crippen LogP contribution is 2.13. The Morgan fingerprint density at radius 3 is 2.83 bits per heavy atom. The summed E-state index contributed by atoms with van der Waals surface area (Å²) in [5.74, 6) is -0.958. The summed E-state index contributed by atoms with van der Waals surface area (Å²) in [4.78, 5) is 22.9. The third-order valence-corrected chi connectivity index (χ3v) is 2.71. The van der Waals surface area contributed by atoms with Gasteiger partial charge in [-0.3, -0.25) is 14.9 Å². The molecule has 0 aromatic carbocycles. The lowest BCUT2D eigenvalue weighted by atomic mass is 10.4. The van der Waals surface area contributed by atoms with E-state index >= 15 is 0 Å². The monoisotopic (exact) mass is 266 g/mol. The molecule has 0 saturated carbocycles. The topological polar surface area (TPSA) is 97.1 Å². The van der Waals surface area contributed by atoms with E-state index in [4.69, 9.17) is 4.42 Å². The third-order valence-electron chi connectivity index (χ3n) is 1.96. The number of anilines is 1. The highest BCUT2D eigenvalue weighted by atomic mass is 32.1. The zero-order valence-electron chi connectivity index (χ0n) is 9.47. The maximum absolute atomic E-state index is 11.5. The predicted molar refractivity (Wildman–Crippen MR) is 63.8 cm³/mol. The molecule has 2 aromatic rings. The fraction of sp³-hybridized carbons (Fsp3) is 0.200. The molecule has 0 spiro atoms. The van der Waals surface area contributed by atoms with Crippen LogP contribution in [0.2, 0.25) is 0 Å². The molecule has 2 heterocycles. The second-order valence-electron chi connectivity index (χ2n) is 3.34. The Morgan fingerprint density at radius 2 is 2.22 bits per heavy atom. The van der Waals surface area contributed by atoms with Crippen LogP contribution in [0.15, 0.2) is 22.8 Å². The Kier molecular flexibility index (Phi) is 3.68. The van der Waals surface area contributed by atoms with Crippen molar-refractivity contribution in [3.05, 3.63) is 29.2 Å². The average molecular weight is 266 g/mol. The molecule has 0 unspecified atom stereocenters.